The summed E-state index contributed by atoms with van der Waals surface area (Å²) in [6, 6.07) is 7.89. The quantitative estimate of drug-likeness (QED) is 0.747. The Morgan fingerprint density at radius 2 is 2.24 bits per heavy atom. The first-order chi connectivity index (χ1) is 8.24. The Hall–Kier alpha value is -1.71. The SMILES string of the molecule is COC(=O)C1CCN(c2cccc(OC)c2)C1. The monoisotopic (exact) mass is 235 g/mol. The zero-order valence-electron chi connectivity index (χ0n) is 10.2. The molecule has 0 aromatic heterocycles. The van der Waals surface area contributed by atoms with Gasteiger partial charge in [0.1, 0.15) is 5.75 Å². The minimum absolute atomic E-state index is 0.00815. The summed E-state index contributed by atoms with van der Waals surface area (Å²) in [5.74, 6) is 0.714. The van der Waals surface area contributed by atoms with Gasteiger partial charge in [0.2, 0.25) is 0 Å². The number of carbonyl (C=O) groups is 1. The highest BCUT2D eigenvalue weighted by Crippen LogP contribution is 2.27. The maximum absolute atomic E-state index is 11.4. The molecule has 0 bridgehead atoms. The molecule has 92 valence electrons. The fourth-order valence-electron chi connectivity index (χ4n) is 2.16. The lowest BCUT2D eigenvalue weighted by Gasteiger charge is -2.18. The number of methoxy groups -OCH3 is 2. The molecule has 0 amide bonds. The molecule has 1 heterocycles. The van der Waals surface area contributed by atoms with Gasteiger partial charge in [0.25, 0.3) is 0 Å². The van der Waals surface area contributed by atoms with Crippen molar-refractivity contribution in [3.63, 3.8) is 0 Å². The van der Waals surface area contributed by atoms with E-state index in [1.54, 1.807) is 7.11 Å². The Kier molecular flexibility index (Phi) is 3.52. The van der Waals surface area contributed by atoms with Crippen LogP contribution in [0, 0.1) is 5.92 Å². The summed E-state index contributed by atoms with van der Waals surface area (Å²) < 4.78 is 9.96. The van der Waals surface area contributed by atoms with Crippen LogP contribution in [0.2, 0.25) is 0 Å². The number of rotatable bonds is 3. The summed E-state index contributed by atoms with van der Waals surface area (Å²) >= 11 is 0. The number of ether oxygens (including phenoxy) is 2. The minimum atomic E-state index is -0.115. The molecule has 4 heteroatoms. The van der Waals surface area contributed by atoms with Crippen LogP contribution in [0.1, 0.15) is 6.42 Å². The van der Waals surface area contributed by atoms with Crippen LogP contribution in [0.3, 0.4) is 0 Å². The van der Waals surface area contributed by atoms with Crippen molar-refractivity contribution in [3.8, 4) is 5.75 Å². The zero-order valence-corrected chi connectivity index (χ0v) is 10.2. The highest BCUT2D eigenvalue weighted by atomic mass is 16.5. The number of esters is 1. The van der Waals surface area contributed by atoms with E-state index in [2.05, 4.69) is 4.90 Å². The summed E-state index contributed by atoms with van der Waals surface area (Å²) in [6.07, 6.45) is 0.851. The van der Waals surface area contributed by atoms with Crippen molar-refractivity contribution in [1.29, 1.82) is 0 Å². The molecule has 1 aromatic carbocycles. The summed E-state index contributed by atoms with van der Waals surface area (Å²) in [5, 5.41) is 0. The summed E-state index contributed by atoms with van der Waals surface area (Å²) in [7, 11) is 3.09. The molecule has 1 atom stereocenters. The molecule has 0 saturated carbocycles. The van der Waals surface area contributed by atoms with Gasteiger partial charge in [-0.25, -0.2) is 0 Å². The van der Waals surface area contributed by atoms with Gasteiger partial charge in [-0.05, 0) is 18.6 Å². The molecule has 1 aromatic rings. The fraction of sp³-hybridized carbons (Fsp3) is 0.462. The molecule has 1 aliphatic heterocycles. The molecule has 1 fully saturated rings. The normalized spacial score (nSPS) is 19.2. The van der Waals surface area contributed by atoms with Crippen LogP contribution >= 0.6 is 0 Å². The predicted octanol–water partition coefficient (Wildman–Crippen LogP) is 1.69. The first kappa shape index (κ1) is 11.8. The van der Waals surface area contributed by atoms with E-state index in [9.17, 15) is 4.79 Å². The third-order valence-corrected chi connectivity index (χ3v) is 3.14. The number of hydrogen-bond acceptors (Lipinski definition) is 4. The third-order valence-electron chi connectivity index (χ3n) is 3.14. The molecule has 0 radical (unpaired) electrons. The van der Waals surface area contributed by atoms with E-state index in [1.807, 2.05) is 24.3 Å². The molecule has 1 aliphatic rings. The van der Waals surface area contributed by atoms with Gasteiger partial charge >= 0.3 is 5.97 Å². The molecule has 0 aliphatic carbocycles. The van der Waals surface area contributed by atoms with E-state index < -0.39 is 0 Å². The standard InChI is InChI=1S/C13H17NO3/c1-16-12-5-3-4-11(8-12)14-7-6-10(9-14)13(15)17-2/h3-5,8,10H,6-7,9H2,1-2H3. The second kappa shape index (κ2) is 5.08. The van der Waals surface area contributed by atoms with E-state index in [0.29, 0.717) is 0 Å². The van der Waals surface area contributed by atoms with E-state index in [1.165, 1.54) is 7.11 Å². The third kappa shape index (κ3) is 2.52. The van der Waals surface area contributed by atoms with Crippen molar-refractivity contribution in [2.24, 2.45) is 5.92 Å². The summed E-state index contributed by atoms with van der Waals surface area (Å²) in [4.78, 5) is 13.6. The average molecular weight is 235 g/mol. The maximum atomic E-state index is 11.4. The van der Waals surface area contributed by atoms with Gasteiger partial charge in [-0.3, -0.25) is 4.79 Å². The lowest BCUT2D eigenvalue weighted by atomic mass is 10.1. The Morgan fingerprint density at radius 3 is 2.94 bits per heavy atom. The zero-order chi connectivity index (χ0) is 12.3. The largest absolute Gasteiger partial charge is 0.497 e. The lowest BCUT2D eigenvalue weighted by Crippen LogP contribution is -2.23. The smallest absolute Gasteiger partial charge is 0.310 e. The first-order valence-corrected chi connectivity index (χ1v) is 5.71. The van der Waals surface area contributed by atoms with Gasteiger partial charge in [0.05, 0.1) is 20.1 Å². The predicted molar refractivity (Wildman–Crippen MR) is 65.3 cm³/mol. The number of nitrogens with zero attached hydrogens (tertiary/aromatic N) is 1. The van der Waals surface area contributed by atoms with Crippen molar-refractivity contribution < 1.29 is 14.3 Å². The Morgan fingerprint density at radius 1 is 1.41 bits per heavy atom. The maximum Gasteiger partial charge on any atom is 0.310 e. The molecule has 0 spiro atoms. The van der Waals surface area contributed by atoms with Crippen LogP contribution in [-0.4, -0.2) is 33.3 Å². The van der Waals surface area contributed by atoms with Crippen LogP contribution in [0.5, 0.6) is 5.75 Å². The van der Waals surface area contributed by atoms with Gasteiger partial charge in [-0.2, -0.15) is 0 Å². The van der Waals surface area contributed by atoms with Crippen LogP contribution < -0.4 is 9.64 Å². The summed E-state index contributed by atoms with van der Waals surface area (Å²) in [6.45, 7) is 1.60. The molecular weight excluding hydrogens is 218 g/mol. The van der Waals surface area contributed by atoms with Gasteiger partial charge < -0.3 is 14.4 Å². The van der Waals surface area contributed by atoms with E-state index in [-0.39, 0.29) is 11.9 Å². The van der Waals surface area contributed by atoms with Gasteiger partial charge in [0, 0.05) is 24.8 Å². The molecule has 4 nitrogen and oxygen atoms in total. The Labute approximate surface area is 101 Å². The van der Waals surface area contributed by atoms with Crippen LogP contribution in [0.25, 0.3) is 0 Å². The van der Waals surface area contributed by atoms with Gasteiger partial charge in [-0.1, -0.05) is 6.07 Å². The molecular formula is C13H17NO3. The highest BCUT2D eigenvalue weighted by Gasteiger charge is 2.29. The van der Waals surface area contributed by atoms with E-state index in [0.717, 1.165) is 30.9 Å². The van der Waals surface area contributed by atoms with Crippen LogP contribution in [0.15, 0.2) is 24.3 Å². The van der Waals surface area contributed by atoms with Crippen molar-refractivity contribution in [3.05, 3.63) is 24.3 Å². The number of hydrogen-bond donors (Lipinski definition) is 0. The van der Waals surface area contributed by atoms with Crippen molar-refractivity contribution in [2.75, 3.05) is 32.2 Å². The van der Waals surface area contributed by atoms with E-state index in [4.69, 9.17) is 9.47 Å². The number of benzene rings is 1. The van der Waals surface area contributed by atoms with Gasteiger partial charge in [-0.15, -0.1) is 0 Å². The lowest BCUT2D eigenvalue weighted by molar-refractivity contribution is -0.144. The van der Waals surface area contributed by atoms with E-state index >= 15 is 0 Å². The number of anilines is 1. The Bertz CT molecular complexity index is 405. The topological polar surface area (TPSA) is 38.8 Å². The van der Waals surface area contributed by atoms with Gasteiger partial charge in [0.15, 0.2) is 0 Å². The molecule has 1 saturated heterocycles. The fourth-order valence-corrected chi connectivity index (χ4v) is 2.16. The molecule has 17 heavy (non-hydrogen) atoms. The molecule has 2 rings (SSSR count). The van der Waals surface area contributed by atoms with Crippen molar-refractivity contribution >= 4 is 11.7 Å². The highest BCUT2D eigenvalue weighted by molar-refractivity contribution is 5.74. The second-order valence-electron chi connectivity index (χ2n) is 4.16. The minimum Gasteiger partial charge on any atom is -0.497 e. The second-order valence-corrected chi connectivity index (χ2v) is 4.16. The number of carbonyl (C=O) groups excluding carboxylic acids is 1. The van der Waals surface area contributed by atoms with Crippen LogP contribution in [0.4, 0.5) is 5.69 Å². The van der Waals surface area contributed by atoms with Crippen molar-refractivity contribution in [1.82, 2.24) is 0 Å². The Balaban J connectivity index is 2.07. The first-order valence-electron chi connectivity index (χ1n) is 5.71. The van der Waals surface area contributed by atoms with Crippen LogP contribution in [-0.2, 0) is 9.53 Å². The average Bonchev–Trinajstić information content (AvgIpc) is 2.87. The molecule has 1 unspecified atom stereocenters. The summed E-state index contributed by atoms with van der Waals surface area (Å²) in [5.41, 5.74) is 1.09. The van der Waals surface area contributed by atoms with Crippen molar-refractivity contribution in [2.45, 2.75) is 6.42 Å². The molecule has 0 N–H and O–H groups in total.